The van der Waals surface area contributed by atoms with Gasteiger partial charge in [-0.1, -0.05) is 37.6 Å². The van der Waals surface area contributed by atoms with E-state index in [4.69, 9.17) is 15.2 Å². The molecule has 0 bridgehead atoms. The molecule has 2 heterocycles. The molecule has 1 saturated heterocycles. The van der Waals surface area contributed by atoms with Gasteiger partial charge in [-0.25, -0.2) is 0 Å². The third-order valence-electron chi connectivity index (χ3n) is 11.5. The van der Waals surface area contributed by atoms with Crippen LogP contribution in [-0.2, 0) is 25.5 Å². The van der Waals surface area contributed by atoms with Gasteiger partial charge in [-0.3, -0.25) is 9.59 Å². The van der Waals surface area contributed by atoms with Crippen molar-refractivity contribution in [1.29, 1.82) is 0 Å². The zero-order valence-corrected chi connectivity index (χ0v) is 25.2. The number of aliphatic hydroxyl groups excluding tert-OH is 2. The number of anilines is 1. The second kappa shape index (κ2) is 9.69. The number of fused-ring (bicyclic) bond motifs is 7. The topological polar surface area (TPSA) is 119 Å². The number of rotatable bonds is 5. The first-order valence-electron chi connectivity index (χ1n) is 15.0. The largest absolute Gasteiger partial charge is 0.399 e. The van der Waals surface area contributed by atoms with Crippen molar-refractivity contribution in [2.24, 2.45) is 28.6 Å². The van der Waals surface area contributed by atoms with Crippen LogP contribution in [0, 0.1) is 35.5 Å². The van der Waals surface area contributed by atoms with E-state index in [1.165, 1.54) is 4.88 Å². The van der Waals surface area contributed by atoms with Crippen molar-refractivity contribution in [3.8, 4) is 0 Å². The fourth-order valence-corrected chi connectivity index (χ4v) is 10.7. The Bertz CT molecular complexity index is 1530. The lowest BCUT2D eigenvalue weighted by Crippen LogP contribution is -2.63. The van der Waals surface area contributed by atoms with Gasteiger partial charge in [0.1, 0.15) is 6.61 Å². The van der Waals surface area contributed by atoms with Crippen LogP contribution in [0.25, 0.3) is 0 Å². The highest BCUT2D eigenvalue weighted by atomic mass is 32.1. The Hall–Kier alpha value is -2.62. The zero-order chi connectivity index (χ0) is 29.6. The van der Waals surface area contributed by atoms with Gasteiger partial charge in [-0.05, 0) is 85.2 Å². The maximum absolute atomic E-state index is 13.8. The minimum atomic E-state index is -1.35. The Balaban J connectivity index is 1.21. The SMILES string of the molecule is Cc1c([C@@H]2O[C@@H]3C[C@H]4[C@@H]5CCC6=CC(=O)C=C[C@]6(C)[C@H]5[C@@H](O)C[C@]4(C)[C@]3(C(=O)CO)O2)csc1Cc1cccc(N)c1. The maximum atomic E-state index is 13.8. The molecule has 42 heavy (non-hydrogen) atoms. The fraction of sp³-hybridized carbons (Fsp3) is 0.529. The predicted octanol–water partition coefficient (Wildman–Crippen LogP) is 4.83. The van der Waals surface area contributed by atoms with E-state index in [0.29, 0.717) is 12.8 Å². The van der Waals surface area contributed by atoms with Crippen LogP contribution in [0.2, 0.25) is 0 Å². The molecule has 222 valence electrons. The number of allylic oxidation sites excluding steroid dienone is 4. The zero-order valence-electron chi connectivity index (χ0n) is 24.3. The number of hydrogen-bond donors (Lipinski definition) is 3. The van der Waals surface area contributed by atoms with Crippen molar-refractivity contribution in [3.63, 3.8) is 0 Å². The predicted molar refractivity (Wildman–Crippen MR) is 160 cm³/mol. The van der Waals surface area contributed by atoms with E-state index >= 15 is 0 Å². The number of Topliss-reactive ketones (excluding diaryl/α,β-unsaturated/α-hetero) is 1. The normalized spacial score (nSPS) is 40.2. The Morgan fingerprint density at radius 3 is 2.83 bits per heavy atom. The number of hydrogen-bond acceptors (Lipinski definition) is 8. The van der Waals surface area contributed by atoms with Crippen LogP contribution in [0.5, 0.6) is 0 Å². The van der Waals surface area contributed by atoms with E-state index in [1.807, 2.05) is 24.3 Å². The van der Waals surface area contributed by atoms with Gasteiger partial charge in [0, 0.05) is 39.3 Å². The van der Waals surface area contributed by atoms with Crippen LogP contribution in [-0.4, -0.2) is 46.2 Å². The van der Waals surface area contributed by atoms with Crippen LogP contribution in [0.4, 0.5) is 5.69 Å². The summed E-state index contributed by atoms with van der Waals surface area (Å²) in [4.78, 5) is 27.2. The minimum Gasteiger partial charge on any atom is -0.399 e. The molecule has 0 amide bonds. The highest BCUT2D eigenvalue weighted by molar-refractivity contribution is 7.10. The average Bonchev–Trinajstić information content (AvgIpc) is 3.58. The van der Waals surface area contributed by atoms with Crippen LogP contribution in [0.15, 0.2) is 53.4 Å². The number of benzene rings is 1. The molecule has 4 fully saturated rings. The summed E-state index contributed by atoms with van der Waals surface area (Å²) in [6.07, 6.45) is 6.78. The summed E-state index contributed by atoms with van der Waals surface area (Å²) in [6, 6.07) is 7.87. The first kappa shape index (κ1) is 28.2. The van der Waals surface area contributed by atoms with E-state index in [9.17, 15) is 19.8 Å². The summed E-state index contributed by atoms with van der Waals surface area (Å²) in [6.45, 7) is 5.62. The minimum absolute atomic E-state index is 0.00609. The number of aliphatic hydroxyl groups is 2. The molecule has 1 aliphatic heterocycles. The van der Waals surface area contributed by atoms with Crippen LogP contribution in [0.3, 0.4) is 0 Å². The van der Waals surface area contributed by atoms with Crippen molar-refractivity contribution < 1.29 is 29.3 Å². The third-order valence-corrected chi connectivity index (χ3v) is 12.7. The van der Waals surface area contributed by atoms with E-state index in [1.54, 1.807) is 23.5 Å². The molecule has 2 aromatic rings. The molecular formula is C34H39NO6S. The molecule has 0 unspecified atom stereocenters. The van der Waals surface area contributed by atoms with Crippen LogP contribution in [0.1, 0.15) is 67.4 Å². The smallest absolute Gasteiger partial charge is 0.193 e. The van der Waals surface area contributed by atoms with E-state index in [0.717, 1.165) is 47.2 Å². The second-order valence-corrected chi connectivity index (χ2v) is 14.5. The number of thiophene rings is 1. The number of carbonyl (C=O) groups is 2. The molecule has 4 N–H and O–H groups in total. The molecule has 4 aliphatic carbocycles. The molecule has 1 aromatic heterocycles. The molecular weight excluding hydrogens is 550 g/mol. The Kier molecular flexibility index (Phi) is 6.50. The lowest BCUT2D eigenvalue weighted by Gasteiger charge is -2.59. The van der Waals surface area contributed by atoms with Crippen LogP contribution >= 0.6 is 11.3 Å². The van der Waals surface area contributed by atoms with Crippen molar-refractivity contribution in [3.05, 3.63) is 75.0 Å². The molecule has 8 heteroatoms. The summed E-state index contributed by atoms with van der Waals surface area (Å²) < 4.78 is 13.5. The summed E-state index contributed by atoms with van der Waals surface area (Å²) in [7, 11) is 0. The van der Waals surface area contributed by atoms with Crippen LogP contribution < -0.4 is 5.73 Å². The number of carbonyl (C=O) groups excluding carboxylic acids is 2. The fourth-order valence-electron chi connectivity index (χ4n) is 9.59. The van der Waals surface area contributed by atoms with Gasteiger partial charge in [-0.2, -0.15) is 0 Å². The summed E-state index contributed by atoms with van der Waals surface area (Å²) in [5.74, 6) is -0.231. The van der Waals surface area contributed by atoms with E-state index < -0.39 is 41.5 Å². The molecule has 5 aliphatic rings. The average molecular weight is 590 g/mol. The van der Waals surface area contributed by atoms with Gasteiger partial charge in [0.2, 0.25) is 0 Å². The lowest BCUT2D eigenvalue weighted by atomic mass is 9.46. The van der Waals surface area contributed by atoms with Crippen molar-refractivity contribution in [2.75, 3.05) is 12.3 Å². The highest BCUT2D eigenvalue weighted by Gasteiger charge is 2.76. The third kappa shape index (κ3) is 3.78. The number of nitrogen functional groups attached to an aromatic ring is 1. The summed E-state index contributed by atoms with van der Waals surface area (Å²) >= 11 is 1.64. The van der Waals surface area contributed by atoms with Gasteiger partial charge >= 0.3 is 0 Å². The summed E-state index contributed by atoms with van der Waals surface area (Å²) in [5, 5.41) is 24.2. The second-order valence-electron chi connectivity index (χ2n) is 13.5. The molecule has 7 rings (SSSR count). The van der Waals surface area contributed by atoms with E-state index in [2.05, 4.69) is 32.2 Å². The summed E-state index contributed by atoms with van der Waals surface area (Å²) in [5.41, 5.74) is 8.46. The van der Waals surface area contributed by atoms with Crippen molar-refractivity contribution in [1.82, 2.24) is 0 Å². The van der Waals surface area contributed by atoms with Gasteiger partial charge in [0.05, 0.1) is 12.2 Å². The van der Waals surface area contributed by atoms with Crippen molar-refractivity contribution in [2.45, 2.75) is 77.0 Å². The molecule has 0 radical (unpaired) electrons. The first-order chi connectivity index (χ1) is 20.0. The Morgan fingerprint density at radius 1 is 1.26 bits per heavy atom. The van der Waals surface area contributed by atoms with Gasteiger partial charge < -0.3 is 25.4 Å². The number of ether oxygens (including phenoxy) is 2. The Morgan fingerprint density at radius 2 is 2.07 bits per heavy atom. The quantitative estimate of drug-likeness (QED) is 0.428. The maximum Gasteiger partial charge on any atom is 0.193 e. The first-order valence-corrected chi connectivity index (χ1v) is 15.9. The monoisotopic (exact) mass is 589 g/mol. The molecule has 1 aromatic carbocycles. The molecule has 7 nitrogen and oxygen atoms in total. The molecule has 3 saturated carbocycles. The molecule has 9 atom stereocenters. The lowest BCUT2D eigenvalue weighted by molar-refractivity contribution is -0.201. The van der Waals surface area contributed by atoms with E-state index in [-0.39, 0.29) is 29.3 Å². The highest BCUT2D eigenvalue weighted by Crippen LogP contribution is 2.70. The molecule has 0 spiro atoms. The standard InChI is InChI=1S/C34H39NO6S/c1-18-24(17-42-27(18)12-19-5-4-6-21(35)11-19)31-40-29-14-25-23-8-7-20-13-22(37)9-10-32(20,2)30(23)26(38)15-33(25,3)34(29,41-31)28(39)16-36/h4-6,9-11,13,17,23,25-26,29-31,36,38H,7-8,12,14-16,35H2,1-3H3/t23-,25-,26-,29+,30+,31+,32-,33-,34+/m0/s1. The number of nitrogens with two attached hydrogens (primary N) is 1. The number of ketones is 2. The Labute approximate surface area is 250 Å². The van der Waals surface area contributed by atoms with Gasteiger partial charge in [0.15, 0.2) is 23.5 Å². The van der Waals surface area contributed by atoms with Crippen molar-refractivity contribution >= 4 is 28.6 Å². The van der Waals surface area contributed by atoms with Gasteiger partial charge in [0.25, 0.3) is 0 Å². The van der Waals surface area contributed by atoms with Gasteiger partial charge in [-0.15, -0.1) is 11.3 Å².